The van der Waals surface area contributed by atoms with Crippen LogP contribution in [0.15, 0.2) is 12.5 Å². The van der Waals surface area contributed by atoms with E-state index < -0.39 is 32.4 Å². The van der Waals surface area contributed by atoms with Crippen LogP contribution >= 0.6 is 7.82 Å². The molecule has 0 bridgehead atoms. The maximum atomic E-state index is 11.4. The zero-order chi connectivity index (χ0) is 14.9. The molecule has 0 aliphatic carbocycles. The maximum Gasteiger partial charge on any atom is 0.469 e. The van der Waals surface area contributed by atoms with Crippen molar-refractivity contribution in [2.24, 2.45) is 0 Å². The lowest BCUT2D eigenvalue weighted by Gasteiger charge is -2.18. The van der Waals surface area contributed by atoms with Crippen molar-refractivity contribution in [1.82, 2.24) is 0 Å². The maximum absolute atomic E-state index is 11.4. The number of phosphoric acid groups is 1. The van der Waals surface area contributed by atoms with Crippen molar-refractivity contribution in [1.29, 1.82) is 0 Å². The minimum absolute atomic E-state index is 0.184. The summed E-state index contributed by atoms with van der Waals surface area (Å²) in [5, 5.41) is 8.75. The molecule has 0 radical (unpaired) electrons. The molecule has 0 fully saturated rings. The van der Waals surface area contributed by atoms with Crippen LogP contribution in [0.25, 0.3) is 0 Å². The van der Waals surface area contributed by atoms with E-state index in [1.165, 1.54) is 0 Å². The minimum Gasteiger partial charge on any atom is -0.481 e. The Labute approximate surface area is 111 Å². The summed E-state index contributed by atoms with van der Waals surface area (Å²) in [6, 6.07) is 0. The number of unbranched alkanes of at least 4 members (excludes halogenated alkanes) is 1. The average molecular weight is 298 g/mol. The van der Waals surface area contributed by atoms with Gasteiger partial charge in [-0.05, 0) is 13.0 Å². The molecular formula is C10H19O8P. The number of rotatable bonds is 10. The van der Waals surface area contributed by atoms with Crippen LogP contribution in [-0.2, 0) is 23.4 Å². The Morgan fingerprint density at radius 1 is 1.37 bits per heavy atom. The average Bonchev–Trinajstić information content (AvgIpc) is 2.28. The molecule has 0 aliphatic heterocycles. The third-order valence-electron chi connectivity index (χ3n) is 1.90. The summed E-state index contributed by atoms with van der Waals surface area (Å²) in [7, 11) is -4.66. The summed E-state index contributed by atoms with van der Waals surface area (Å²) >= 11 is 0. The fourth-order valence-corrected chi connectivity index (χ4v) is 1.41. The van der Waals surface area contributed by atoms with E-state index in [0.29, 0.717) is 6.42 Å². The smallest absolute Gasteiger partial charge is 0.469 e. The van der Waals surface area contributed by atoms with Gasteiger partial charge < -0.3 is 24.4 Å². The van der Waals surface area contributed by atoms with Crippen LogP contribution in [0.5, 0.6) is 0 Å². The number of aliphatic hydroxyl groups is 1. The van der Waals surface area contributed by atoms with Gasteiger partial charge in [0.15, 0.2) is 6.10 Å². The Bertz CT molecular complexity index is 336. The van der Waals surface area contributed by atoms with Gasteiger partial charge in [-0.15, -0.1) is 0 Å². The van der Waals surface area contributed by atoms with Crippen LogP contribution in [0.2, 0.25) is 0 Å². The third kappa shape index (κ3) is 11.7. The van der Waals surface area contributed by atoms with Gasteiger partial charge in [0.05, 0.1) is 6.61 Å². The third-order valence-corrected chi connectivity index (χ3v) is 2.38. The van der Waals surface area contributed by atoms with Gasteiger partial charge in [0.1, 0.15) is 6.61 Å². The van der Waals surface area contributed by atoms with Gasteiger partial charge in [0.2, 0.25) is 0 Å². The first-order chi connectivity index (χ1) is 8.74. The Morgan fingerprint density at radius 3 is 2.47 bits per heavy atom. The molecule has 3 N–H and O–H groups in total. The monoisotopic (exact) mass is 298 g/mol. The van der Waals surface area contributed by atoms with Crippen molar-refractivity contribution in [2.45, 2.75) is 32.3 Å². The van der Waals surface area contributed by atoms with Crippen LogP contribution in [-0.4, -0.2) is 40.2 Å². The molecule has 1 atom stereocenters. The van der Waals surface area contributed by atoms with Gasteiger partial charge in [-0.3, -0.25) is 9.32 Å². The highest BCUT2D eigenvalue weighted by Gasteiger charge is 2.22. The minimum atomic E-state index is -4.66. The molecule has 8 nitrogen and oxygen atoms in total. The highest BCUT2D eigenvalue weighted by atomic mass is 31.2. The molecule has 0 aliphatic rings. The molecule has 19 heavy (non-hydrogen) atoms. The van der Waals surface area contributed by atoms with Crippen LogP contribution in [0, 0.1) is 0 Å². The van der Waals surface area contributed by atoms with E-state index >= 15 is 0 Å². The molecule has 0 aromatic carbocycles. The number of ether oxygens (including phenoxy) is 2. The summed E-state index contributed by atoms with van der Waals surface area (Å²) in [5.41, 5.74) is 0. The molecule has 112 valence electrons. The van der Waals surface area contributed by atoms with Gasteiger partial charge in [-0.1, -0.05) is 13.3 Å². The molecule has 0 heterocycles. The fraction of sp³-hybridized carbons (Fsp3) is 0.700. The summed E-state index contributed by atoms with van der Waals surface area (Å²) in [5.74, 6) is -1.13. The number of phosphoric ester groups is 1. The predicted molar refractivity (Wildman–Crippen MR) is 65.1 cm³/mol. The molecule has 9 heteroatoms. The van der Waals surface area contributed by atoms with Crippen molar-refractivity contribution < 1.29 is 38.3 Å². The topological polar surface area (TPSA) is 123 Å². The Kier molecular flexibility index (Phi) is 8.42. The molecular weight excluding hydrogens is 279 g/mol. The zero-order valence-corrected chi connectivity index (χ0v) is 11.5. The van der Waals surface area contributed by atoms with Crippen molar-refractivity contribution in [3.05, 3.63) is 12.5 Å². The summed E-state index contributed by atoms with van der Waals surface area (Å²) in [6.07, 6.45) is 0.588. The van der Waals surface area contributed by atoms with Crippen LogP contribution in [0.1, 0.15) is 26.2 Å². The van der Waals surface area contributed by atoms with Crippen molar-refractivity contribution >= 4 is 13.8 Å². The van der Waals surface area contributed by atoms with Crippen LogP contribution < -0.4 is 0 Å². The second-order valence-electron chi connectivity index (χ2n) is 3.71. The van der Waals surface area contributed by atoms with Gasteiger partial charge in [-0.25, -0.2) is 4.57 Å². The molecule has 0 aromatic rings. The van der Waals surface area contributed by atoms with Gasteiger partial charge in [-0.2, -0.15) is 0 Å². The number of carbonyl (C=O) groups excluding carboxylic acids is 1. The lowest BCUT2D eigenvalue weighted by atomic mass is 10.2. The van der Waals surface area contributed by atoms with Gasteiger partial charge >= 0.3 is 13.8 Å². The largest absolute Gasteiger partial charge is 0.481 e. The first-order valence-corrected chi connectivity index (χ1v) is 7.18. The first kappa shape index (κ1) is 17.9. The number of carbonyl (C=O) groups is 1. The number of esters is 1. The normalized spacial score (nSPS) is 12.8. The fourth-order valence-electron chi connectivity index (χ4n) is 1.05. The molecule has 0 saturated carbocycles. The second-order valence-corrected chi connectivity index (χ2v) is 4.95. The Hall–Kier alpha value is -1.08. The second kappa shape index (κ2) is 8.92. The first-order valence-electron chi connectivity index (χ1n) is 5.64. The summed E-state index contributed by atoms with van der Waals surface area (Å²) in [4.78, 5) is 28.5. The van der Waals surface area contributed by atoms with Crippen molar-refractivity contribution in [3.63, 3.8) is 0 Å². The highest BCUT2D eigenvalue weighted by Crippen LogP contribution is 2.35. The van der Waals surface area contributed by atoms with Gasteiger partial charge in [0, 0.05) is 6.42 Å². The van der Waals surface area contributed by atoms with Crippen LogP contribution in [0.4, 0.5) is 0 Å². The van der Waals surface area contributed by atoms with E-state index in [2.05, 4.69) is 15.8 Å². The quantitative estimate of drug-likeness (QED) is 0.313. The van der Waals surface area contributed by atoms with Crippen molar-refractivity contribution in [2.75, 3.05) is 13.2 Å². The molecule has 0 unspecified atom stereocenters. The lowest BCUT2D eigenvalue weighted by molar-refractivity contribution is -0.154. The number of hydrogen-bond donors (Lipinski definition) is 3. The van der Waals surface area contributed by atoms with E-state index in [-0.39, 0.29) is 13.0 Å². The highest BCUT2D eigenvalue weighted by molar-refractivity contribution is 7.46. The molecule has 0 saturated heterocycles. The Morgan fingerprint density at radius 2 is 2.00 bits per heavy atom. The van der Waals surface area contributed by atoms with E-state index in [4.69, 9.17) is 19.6 Å². The number of hydrogen-bond acceptors (Lipinski definition) is 6. The summed E-state index contributed by atoms with van der Waals surface area (Å²) in [6.45, 7) is 4.11. The number of aliphatic hydroxyl groups excluding tert-OH is 1. The van der Waals surface area contributed by atoms with E-state index in [1.54, 1.807) is 0 Å². The zero-order valence-electron chi connectivity index (χ0n) is 10.7. The van der Waals surface area contributed by atoms with E-state index in [0.717, 1.165) is 6.42 Å². The van der Waals surface area contributed by atoms with Crippen molar-refractivity contribution in [3.8, 4) is 0 Å². The molecule has 0 rings (SSSR count). The van der Waals surface area contributed by atoms with Crippen LogP contribution in [0.3, 0.4) is 0 Å². The van der Waals surface area contributed by atoms with E-state index in [9.17, 15) is 9.36 Å². The molecule has 0 amide bonds. The predicted octanol–water partition coefficient (Wildman–Crippen LogP) is 1.24. The van der Waals surface area contributed by atoms with Gasteiger partial charge in [0.25, 0.3) is 5.95 Å². The van der Waals surface area contributed by atoms with E-state index in [1.807, 2.05) is 6.92 Å². The summed E-state index contributed by atoms with van der Waals surface area (Å²) < 4.78 is 24.3. The molecule has 0 aromatic heterocycles. The lowest BCUT2D eigenvalue weighted by Crippen LogP contribution is -2.28. The standard InChI is InChI=1S/C10H19O8P/c1-3-4-5-10(12)18-9(6-16-8(2)11)7-17-19(13,14)15/h9,11H,2-7H2,1H3,(H2,13,14,15)/t9-/m1/s1. The SMILES string of the molecule is C=C(O)OC[C@H](COP(=O)(O)O)OC(=O)CCCC. The molecule has 0 spiro atoms. The Balaban J connectivity index is 4.27.